The van der Waals surface area contributed by atoms with E-state index in [1.807, 2.05) is 0 Å². The zero-order valence-corrected chi connectivity index (χ0v) is 15.4. The third-order valence-corrected chi connectivity index (χ3v) is 3.56. The van der Waals surface area contributed by atoms with Crippen LogP contribution in [0.15, 0.2) is 18.2 Å². The maximum Gasteiger partial charge on any atom is 3.00 e. The Bertz CT molecular complexity index is 301. The van der Waals surface area contributed by atoms with Gasteiger partial charge in [-0.15, -0.1) is 0 Å². The zero-order valence-electron chi connectivity index (χ0n) is 11.4. The number of hydrogen-bond acceptors (Lipinski definition) is 0. The Balaban J connectivity index is 0. The Labute approximate surface area is 144 Å². The van der Waals surface area contributed by atoms with E-state index in [2.05, 4.69) is 32.0 Å². The van der Waals surface area contributed by atoms with Crippen molar-refractivity contribution in [2.45, 2.75) is 58.3 Å². The van der Waals surface area contributed by atoms with Crippen molar-refractivity contribution in [3.63, 3.8) is 0 Å². The summed E-state index contributed by atoms with van der Waals surface area (Å²) in [4.78, 5) is 0. The third kappa shape index (κ3) is 6.31. The van der Waals surface area contributed by atoms with Crippen LogP contribution in [0.1, 0.15) is 63.0 Å². The second-order valence-electron chi connectivity index (χ2n) is 5.49. The van der Waals surface area contributed by atoms with Crippen molar-refractivity contribution in [1.82, 2.24) is 0 Å². The maximum absolute atomic E-state index is 2.45. The summed E-state index contributed by atoms with van der Waals surface area (Å²) < 4.78 is 0. The first-order valence-corrected chi connectivity index (χ1v) is 6.51. The van der Waals surface area contributed by atoms with Crippen LogP contribution in [-0.4, -0.2) is 0 Å². The molecule has 2 rings (SSSR count). The molecule has 1 aromatic rings. The summed E-state index contributed by atoms with van der Waals surface area (Å²) in [6, 6.07) is 7.16. The SMILES string of the molecule is CC(C)Cc1cc(C2CCCCC2)c[cH-]1.[Cl-].[Cl-].[Zr+3]. The minimum Gasteiger partial charge on any atom is -1.00 e. The smallest absolute Gasteiger partial charge is 1.00 e. The molecular formula is C15H23Cl2Zr. The molecule has 1 aliphatic carbocycles. The molecule has 1 aliphatic rings. The fraction of sp³-hybridized carbons (Fsp3) is 0.667. The quantitative estimate of drug-likeness (QED) is 0.582. The van der Waals surface area contributed by atoms with Crippen LogP contribution in [-0.2, 0) is 32.6 Å². The Morgan fingerprint density at radius 3 is 2.33 bits per heavy atom. The van der Waals surface area contributed by atoms with E-state index in [0.29, 0.717) is 0 Å². The first kappa shape index (κ1) is 21.1. The van der Waals surface area contributed by atoms with Crippen LogP contribution in [0.4, 0.5) is 0 Å². The van der Waals surface area contributed by atoms with Gasteiger partial charge in [-0.2, -0.15) is 23.3 Å². The van der Waals surface area contributed by atoms with E-state index in [4.69, 9.17) is 0 Å². The molecule has 0 spiro atoms. The van der Waals surface area contributed by atoms with Crippen LogP contribution < -0.4 is 24.8 Å². The Kier molecular flexibility index (Phi) is 12.4. The van der Waals surface area contributed by atoms with Crippen LogP contribution in [0, 0.1) is 5.92 Å². The second-order valence-corrected chi connectivity index (χ2v) is 5.49. The summed E-state index contributed by atoms with van der Waals surface area (Å²) in [7, 11) is 0. The molecule has 0 amide bonds. The molecule has 18 heavy (non-hydrogen) atoms. The van der Waals surface area contributed by atoms with Crippen LogP contribution in [0.5, 0.6) is 0 Å². The maximum atomic E-state index is 2.45. The summed E-state index contributed by atoms with van der Waals surface area (Å²) in [5.74, 6) is 1.66. The van der Waals surface area contributed by atoms with E-state index in [1.165, 1.54) is 38.5 Å². The fourth-order valence-electron chi connectivity index (χ4n) is 2.80. The van der Waals surface area contributed by atoms with Crippen molar-refractivity contribution in [2.75, 3.05) is 0 Å². The summed E-state index contributed by atoms with van der Waals surface area (Å²) in [6.45, 7) is 4.60. The minimum absolute atomic E-state index is 0. The normalized spacial score (nSPS) is 15.5. The van der Waals surface area contributed by atoms with Gasteiger partial charge in [0.2, 0.25) is 0 Å². The van der Waals surface area contributed by atoms with Gasteiger partial charge in [-0.3, -0.25) is 0 Å². The second kappa shape index (κ2) is 10.6. The van der Waals surface area contributed by atoms with E-state index in [9.17, 15) is 0 Å². The molecule has 0 aliphatic heterocycles. The van der Waals surface area contributed by atoms with Gasteiger partial charge in [0, 0.05) is 0 Å². The molecule has 0 N–H and O–H groups in total. The average molecular weight is 365 g/mol. The Morgan fingerprint density at radius 2 is 1.78 bits per heavy atom. The van der Waals surface area contributed by atoms with Crippen LogP contribution in [0.2, 0.25) is 0 Å². The van der Waals surface area contributed by atoms with Gasteiger partial charge in [-0.25, -0.2) is 6.07 Å². The average Bonchev–Trinajstić information content (AvgIpc) is 2.67. The molecule has 0 unspecified atom stereocenters. The summed E-state index contributed by atoms with van der Waals surface area (Å²) in [5.41, 5.74) is 3.16. The first-order chi connectivity index (χ1) is 7.25. The molecule has 0 heterocycles. The molecule has 3 heteroatoms. The van der Waals surface area contributed by atoms with Crippen molar-refractivity contribution in [1.29, 1.82) is 0 Å². The van der Waals surface area contributed by atoms with Gasteiger partial charge in [0.05, 0.1) is 0 Å². The molecule has 1 fully saturated rings. The third-order valence-electron chi connectivity index (χ3n) is 3.56. The zero-order chi connectivity index (χ0) is 10.7. The molecule has 1 saturated carbocycles. The van der Waals surface area contributed by atoms with E-state index < -0.39 is 0 Å². The molecular weight excluding hydrogens is 342 g/mol. The van der Waals surface area contributed by atoms with Gasteiger partial charge in [0.15, 0.2) is 0 Å². The van der Waals surface area contributed by atoms with Gasteiger partial charge in [0.1, 0.15) is 0 Å². The first-order valence-electron chi connectivity index (χ1n) is 6.51. The van der Waals surface area contributed by atoms with E-state index >= 15 is 0 Å². The topological polar surface area (TPSA) is 0 Å². The van der Waals surface area contributed by atoms with Crippen molar-refractivity contribution in [3.05, 3.63) is 29.3 Å². The number of halogens is 2. The van der Waals surface area contributed by atoms with Crippen molar-refractivity contribution in [3.8, 4) is 0 Å². The van der Waals surface area contributed by atoms with E-state index in [-0.39, 0.29) is 51.0 Å². The molecule has 0 bridgehead atoms. The van der Waals surface area contributed by atoms with Gasteiger partial charge in [-0.1, -0.05) is 51.9 Å². The summed E-state index contributed by atoms with van der Waals surface area (Å²) >= 11 is 0. The largest absolute Gasteiger partial charge is 3.00 e. The van der Waals surface area contributed by atoms with E-state index in [0.717, 1.165) is 11.8 Å². The van der Waals surface area contributed by atoms with Crippen molar-refractivity contribution >= 4 is 0 Å². The summed E-state index contributed by atoms with van der Waals surface area (Å²) in [6.07, 6.45) is 8.42. The predicted octanol–water partition coefficient (Wildman–Crippen LogP) is -1.34. The van der Waals surface area contributed by atoms with Crippen LogP contribution >= 0.6 is 0 Å². The Hall–Kier alpha value is 0.813. The number of rotatable bonds is 3. The van der Waals surface area contributed by atoms with Crippen molar-refractivity contribution in [2.24, 2.45) is 5.92 Å². The molecule has 0 atom stereocenters. The monoisotopic (exact) mass is 363 g/mol. The predicted molar refractivity (Wildman–Crippen MR) is 66.4 cm³/mol. The molecule has 101 valence electrons. The van der Waals surface area contributed by atoms with Gasteiger partial charge >= 0.3 is 26.2 Å². The molecule has 1 aromatic carbocycles. The van der Waals surface area contributed by atoms with E-state index in [1.54, 1.807) is 11.1 Å². The molecule has 0 saturated heterocycles. The minimum atomic E-state index is 0. The molecule has 1 radical (unpaired) electrons. The van der Waals surface area contributed by atoms with Crippen LogP contribution in [0.25, 0.3) is 0 Å². The Morgan fingerprint density at radius 1 is 1.17 bits per heavy atom. The fourth-order valence-corrected chi connectivity index (χ4v) is 2.80. The van der Waals surface area contributed by atoms with Crippen molar-refractivity contribution < 1.29 is 51.0 Å². The number of hydrogen-bond donors (Lipinski definition) is 0. The molecule has 0 nitrogen and oxygen atoms in total. The van der Waals surface area contributed by atoms with Gasteiger partial charge in [-0.05, 0) is 12.3 Å². The standard InChI is InChI=1S/C15H23.2ClH.Zr/c1-12(2)10-13-8-9-15(11-13)14-6-4-3-5-7-14;;;/h8-9,11-12,14H,3-7,10H2,1-2H3;2*1H;/q-1;;;+3/p-2. The van der Waals surface area contributed by atoms with Crippen LogP contribution in [0.3, 0.4) is 0 Å². The van der Waals surface area contributed by atoms with Gasteiger partial charge in [0.25, 0.3) is 0 Å². The summed E-state index contributed by atoms with van der Waals surface area (Å²) in [5, 5.41) is 0. The van der Waals surface area contributed by atoms with Gasteiger partial charge < -0.3 is 24.8 Å². The molecule has 0 aromatic heterocycles.